The number of rotatable bonds is 6. The largest absolute Gasteiger partial charge is 0.368 e. The van der Waals surface area contributed by atoms with E-state index in [4.69, 9.17) is 5.73 Å². The van der Waals surface area contributed by atoms with E-state index in [0.29, 0.717) is 0 Å². The van der Waals surface area contributed by atoms with Crippen molar-refractivity contribution in [3.05, 3.63) is 0 Å². The molecule has 5 nitrogen and oxygen atoms in total. The van der Waals surface area contributed by atoms with E-state index in [1.54, 1.807) is 7.05 Å². The summed E-state index contributed by atoms with van der Waals surface area (Å²) in [6.45, 7) is 3.06. The number of hydrogen-bond donors (Lipinski definition) is 2. The fourth-order valence-corrected chi connectivity index (χ4v) is 0.829. The Morgan fingerprint density at radius 2 is 2.08 bits per heavy atom. The Labute approximate surface area is 78.3 Å². The summed E-state index contributed by atoms with van der Waals surface area (Å²) < 4.78 is 0. The fourth-order valence-electron chi connectivity index (χ4n) is 0.829. The minimum Gasteiger partial charge on any atom is -0.368 e. The van der Waals surface area contributed by atoms with Crippen molar-refractivity contribution < 1.29 is 9.59 Å². The lowest BCUT2D eigenvalue weighted by atomic mass is 10.4. The molecule has 0 aromatic rings. The molecule has 76 valence electrons. The predicted molar refractivity (Wildman–Crippen MR) is 50.0 cm³/mol. The van der Waals surface area contributed by atoms with Gasteiger partial charge in [-0.3, -0.25) is 9.59 Å². The van der Waals surface area contributed by atoms with Gasteiger partial charge >= 0.3 is 0 Å². The second kappa shape index (κ2) is 6.42. The van der Waals surface area contributed by atoms with Crippen molar-refractivity contribution in [2.75, 3.05) is 26.7 Å². The van der Waals surface area contributed by atoms with Gasteiger partial charge in [0.2, 0.25) is 11.8 Å². The van der Waals surface area contributed by atoms with Gasteiger partial charge in [0.1, 0.15) is 0 Å². The van der Waals surface area contributed by atoms with Crippen LogP contribution in [0.4, 0.5) is 0 Å². The Balaban J connectivity index is 3.63. The van der Waals surface area contributed by atoms with Gasteiger partial charge < -0.3 is 16.0 Å². The number of nitrogens with two attached hydrogens (primary N) is 1. The van der Waals surface area contributed by atoms with Crippen LogP contribution in [-0.4, -0.2) is 43.4 Å². The van der Waals surface area contributed by atoms with Gasteiger partial charge in [0.05, 0.1) is 13.1 Å². The minimum atomic E-state index is -0.494. The van der Waals surface area contributed by atoms with E-state index in [2.05, 4.69) is 5.32 Å². The summed E-state index contributed by atoms with van der Waals surface area (Å²) in [6.07, 6.45) is 0.979. The van der Waals surface area contributed by atoms with E-state index < -0.39 is 5.91 Å². The first-order valence-electron chi connectivity index (χ1n) is 4.31. The number of carbonyl (C=O) groups is 2. The molecule has 0 saturated heterocycles. The molecule has 0 aromatic carbocycles. The van der Waals surface area contributed by atoms with Crippen LogP contribution in [0.2, 0.25) is 0 Å². The van der Waals surface area contributed by atoms with Crippen molar-refractivity contribution in [1.29, 1.82) is 0 Å². The summed E-state index contributed by atoms with van der Waals surface area (Å²) in [6, 6.07) is 0. The second-order valence-corrected chi connectivity index (χ2v) is 2.89. The maximum atomic E-state index is 11.2. The molecule has 0 saturated carbocycles. The number of nitrogens with zero attached hydrogens (tertiary/aromatic N) is 1. The van der Waals surface area contributed by atoms with Gasteiger partial charge in [0.15, 0.2) is 0 Å². The molecule has 2 amide bonds. The topological polar surface area (TPSA) is 75.4 Å². The highest BCUT2D eigenvalue weighted by molar-refractivity contribution is 5.84. The molecule has 0 heterocycles. The first-order valence-corrected chi connectivity index (χ1v) is 4.31. The Bertz CT molecular complexity index is 182. The Hall–Kier alpha value is -1.10. The van der Waals surface area contributed by atoms with Crippen molar-refractivity contribution in [2.24, 2.45) is 5.73 Å². The highest BCUT2D eigenvalue weighted by Crippen LogP contribution is 1.82. The van der Waals surface area contributed by atoms with Crippen LogP contribution < -0.4 is 11.1 Å². The number of carbonyl (C=O) groups excluding carboxylic acids is 2. The van der Waals surface area contributed by atoms with Gasteiger partial charge in [-0.25, -0.2) is 0 Å². The van der Waals surface area contributed by atoms with Gasteiger partial charge in [-0.05, 0) is 13.0 Å². The predicted octanol–water partition coefficient (Wildman–Crippen LogP) is -1.07. The van der Waals surface area contributed by atoms with Crippen LogP contribution in [0.15, 0.2) is 0 Å². The van der Waals surface area contributed by atoms with Crippen molar-refractivity contribution >= 4 is 11.8 Å². The van der Waals surface area contributed by atoms with Gasteiger partial charge in [0.25, 0.3) is 0 Å². The van der Waals surface area contributed by atoms with Crippen molar-refractivity contribution in [2.45, 2.75) is 13.3 Å². The third-order valence-electron chi connectivity index (χ3n) is 1.52. The smallest absolute Gasteiger partial charge is 0.237 e. The van der Waals surface area contributed by atoms with Gasteiger partial charge in [-0.15, -0.1) is 0 Å². The standard InChI is InChI=1S/C8H17N3O2/c1-3-4-10-5-8(13)11(2)6-7(9)12/h10H,3-6H2,1-2H3,(H2,9,12). The van der Waals surface area contributed by atoms with E-state index >= 15 is 0 Å². The van der Waals surface area contributed by atoms with Crippen LogP contribution in [0, 0.1) is 0 Å². The van der Waals surface area contributed by atoms with E-state index in [1.807, 2.05) is 6.92 Å². The van der Waals surface area contributed by atoms with Crippen LogP contribution >= 0.6 is 0 Å². The highest BCUT2D eigenvalue weighted by Gasteiger charge is 2.09. The molecular formula is C8H17N3O2. The van der Waals surface area contributed by atoms with Gasteiger partial charge in [-0.2, -0.15) is 0 Å². The number of likely N-dealkylation sites (N-methyl/N-ethyl adjacent to an activating group) is 1. The lowest BCUT2D eigenvalue weighted by molar-refractivity contribution is -0.133. The SMILES string of the molecule is CCCNCC(=O)N(C)CC(N)=O. The normalized spacial score (nSPS) is 9.69. The minimum absolute atomic E-state index is 0.0212. The molecule has 0 fully saturated rings. The van der Waals surface area contributed by atoms with E-state index in [-0.39, 0.29) is 19.0 Å². The molecule has 13 heavy (non-hydrogen) atoms. The molecule has 0 atom stereocenters. The van der Waals surface area contributed by atoms with Crippen LogP contribution in [0.25, 0.3) is 0 Å². The number of nitrogens with one attached hydrogen (secondary N) is 1. The van der Waals surface area contributed by atoms with Gasteiger partial charge in [0, 0.05) is 7.05 Å². The lowest BCUT2D eigenvalue weighted by Crippen LogP contribution is -2.40. The monoisotopic (exact) mass is 187 g/mol. The van der Waals surface area contributed by atoms with Crippen LogP contribution in [0.3, 0.4) is 0 Å². The summed E-state index contributed by atoms with van der Waals surface area (Å²) in [4.78, 5) is 23.0. The average molecular weight is 187 g/mol. The lowest BCUT2D eigenvalue weighted by Gasteiger charge is -2.14. The van der Waals surface area contributed by atoms with Crippen LogP contribution in [-0.2, 0) is 9.59 Å². The van der Waals surface area contributed by atoms with E-state index in [9.17, 15) is 9.59 Å². The molecule has 0 aliphatic carbocycles. The maximum absolute atomic E-state index is 11.2. The molecule has 0 aromatic heterocycles. The number of hydrogen-bond acceptors (Lipinski definition) is 3. The van der Waals surface area contributed by atoms with Crippen molar-refractivity contribution in [3.8, 4) is 0 Å². The summed E-state index contributed by atoms with van der Waals surface area (Å²) in [5.41, 5.74) is 4.93. The van der Waals surface area contributed by atoms with Crippen LogP contribution in [0.5, 0.6) is 0 Å². The zero-order valence-corrected chi connectivity index (χ0v) is 8.17. The molecule has 3 N–H and O–H groups in total. The summed E-state index contributed by atoms with van der Waals surface area (Å²) in [7, 11) is 1.56. The Morgan fingerprint density at radius 1 is 1.46 bits per heavy atom. The first-order chi connectivity index (χ1) is 6.07. The van der Waals surface area contributed by atoms with Gasteiger partial charge in [-0.1, -0.05) is 6.92 Å². The molecule has 0 unspecified atom stereocenters. The molecular weight excluding hydrogens is 170 g/mol. The van der Waals surface area contributed by atoms with Crippen molar-refractivity contribution in [3.63, 3.8) is 0 Å². The number of primary amides is 1. The Kier molecular flexibility index (Phi) is 5.88. The molecule has 0 rings (SSSR count). The second-order valence-electron chi connectivity index (χ2n) is 2.89. The fraction of sp³-hybridized carbons (Fsp3) is 0.750. The maximum Gasteiger partial charge on any atom is 0.237 e. The Morgan fingerprint density at radius 3 is 2.54 bits per heavy atom. The first kappa shape index (κ1) is 11.9. The summed E-state index contributed by atoms with van der Waals surface area (Å²) >= 11 is 0. The molecule has 0 aliphatic heterocycles. The van der Waals surface area contributed by atoms with Crippen molar-refractivity contribution in [1.82, 2.24) is 10.2 Å². The van der Waals surface area contributed by atoms with E-state index in [0.717, 1.165) is 13.0 Å². The quantitative estimate of drug-likeness (QED) is 0.520. The summed E-state index contributed by atoms with van der Waals surface area (Å²) in [5.74, 6) is -0.612. The molecule has 0 aliphatic rings. The third-order valence-corrected chi connectivity index (χ3v) is 1.52. The summed E-state index contributed by atoms with van der Waals surface area (Å²) in [5, 5.41) is 2.95. The molecule has 0 bridgehead atoms. The zero-order valence-electron chi connectivity index (χ0n) is 8.17. The third kappa shape index (κ3) is 6.10. The number of amides is 2. The highest BCUT2D eigenvalue weighted by atomic mass is 16.2. The molecule has 5 heteroatoms. The van der Waals surface area contributed by atoms with Crippen LogP contribution in [0.1, 0.15) is 13.3 Å². The average Bonchev–Trinajstić information content (AvgIpc) is 2.03. The van der Waals surface area contributed by atoms with E-state index in [1.165, 1.54) is 4.90 Å². The molecule has 0 radical (unpaired) electrons. The molecule has 0 spiro atoms. The zero-order chi connectivity index (χ0) is 10.3.